The summed E-state index contributed by atoms with van der Waals surface area (Å²) in [7, 11) is 0. The number of hydrogen-bond acceptors (Lipinski definition) is 6. The van der Waals surface area contributed by atoms with E-state index in [4.69, 9.17) is 5.11 Å². The number of benzene rings is 2. The van der Waals surface area contributed by atoms with Crippen molar-refractivity contribution in [1.82, 2.24) is 24.6 Å². The number of nitrogens with zero attached hydrogens (tertiary/aromatic N) is 5. The van der Waals surface area contributed by atoms with Crippen LogP contribution in [0.4, 0.5) is 0 Å². The third kappa shape index (κ3) is 5.15. The zero-order valence-electron chi connectivity index (χ0n) is 17.6. The Morgan fingerprint density at radius 3 is 2.39 bits per heavy atom. The van der Waals surface area contributed by atoms with Crippen molar-refractivity contribution in [2.24, 2.45) is 0 Å². The molecule has 2 heterocycles. The molecule has 3 aromatic rings. The lowest BCUT2D eigenvalue weighted by atomic mass is 10.1. The monoisotopic (exact) mass is 437 g/mol. The molecule has 8 heteroatoms. The number of thioether (sulfide) groups is 1. The Bertz CT molecular complexity index is 999. The fraction of sp³-hybridized carbons (Fsp3) is 0.348. The van der Waals surface area contributed by atoms with Crippen molar-refractivity contribution in [1.29, 1.82) is 0 Å². The minimum absolute atomic E-state index is 0.105. The Kier molecular flexibility index (Phi) is 7.01. The minimum Gasteiger partial charge on any atom is -0.395 e. The van der Waals surface area contributed by atoms with Gasteiger partial charge in [-0.1, -0.05) is 59.8 Å². The van der Waals surface area contributed by atoms with Gasteiger partial charge in [-0.2, -0.15) is 0 Å². The van der Waals surface area contributed by atoms with E-state index < -0.39 is 0 Å². The molecule has 0 spiro atoms. The number of aliphatic hydroxyl groups is 1. The molecule has 31 heavy (non-hydrogen) atoms. The van der Waals surface area contributed by atoms with E-state index >= 15 is 0 Å². The summed E-state index contributed by atoms with van der Waals surface area (Å²) in [6.45, 7) is 5.87. The van der Waals surface area contributed by atoms with Crippen LogP contribution in [-0.4, -0.2) is 80.7 Å². The van der Waals surface area contributed by atoms with Gasteiger partial charge in [-0.25, -0.2) is 0 Å². The number of rotatable bonds is 7. The highest BCUT2D eigenvalue weighted by Gasteiger charge is 2.22. The predicted octanol–water partition coefficient (Wildman–Crippen LogP) is 2.47. The molecule has 0 atom stereocenters. The number of aryl methyl sites for hydroxylation is 1. The van der Waals surface area contributed by atoms with Crippen LogP contribution in [0.15, 0.2) is 59.8 Å². The van der Waals surface area contributed by atoms with Gasteiger partial charge in [0, 0.05) is 44.0 Å². The number of piperazine rings is 1. The number of hydrogen-bond donors (Lipinski definition) is 1. The van der Waals surface area contributed by atoms with Gasteiger partial charge in [0.2, 0.25) is 5.91 Å². The van der Waals surface area contributed by atoms with Gasteiger partial charge in [-0.05, 0) is 19.1 Å². The summed E-state index contributed by atoms with van der Waals surface area (Å²) in [4.78, 5) is 16.8. The number of carbonyl (C=O) groups is 1. The SMILES string of the molecule is Cc1ccc(-c2nnc(SCC(=O)N3CCN(CCO)CC3)n2-c2ccccc2)cc1. The first kappa shape index (κ1) is 21.5. The highest BCUT2D eigenvalue weighted by molar-refractivity contribution is 7.99. The summed E-state index contributed by atoms with van der Waals surface area (Å²) in [6, 6.07) is 18.2. The molecule has 7 nitrogen and oxygen atoms in total. The summed E-state index contributed by atoms with van der Waals surface area (Å²) in [5, 5.41) is 18.6. The van der Waals surface area contributed by atoms with Crippen LogP contribution in [0.5, 0.6) is 0 Å². The molecule has 1 aromatic heterocycles. The van der Waals surface area contributed by atoms with Crippen LogP contribution in [0, 0.1) is 6.92 Å². The van der Waals surface area contributed by atoms with Gasteiger partial charge in [0.05, 0.1) is 12.4 Å². The molecule has 0 unspecified atom stereocenters. The first-order valence-electron chi connectivity index (χ1n) is 10.5. The quantitative estimate of drug-likeness (QED) is 0.573. The number of amides is 1. The van der Waals surface area contributed by atoms with Gasteiger partial charge in [0.1, 0.15) is 0 Å². The fourth-order valence-corrected chi connectivity index (χ4v) is 4.50. The van der Waals surface area contributed by atoms with Crippen LogP contribution in [0.2, 0.25) is 0 Å². The average molecular weight is 438 g/mol. The number of β-amino-alcohol motifs (C(OH)–C–C–N with tert-alkyl or cyclic N) is 1. The summed E-state index contributed by atoms with van der Waals surface area (Å²) < 4.78 is 2.02. The molecule has 1 fully saturated rings. The van der Waals surface area contributed by atoms with Crippen LogP contribution < -0.4 is 0 Å². The third-order valence-electron chi connectivity index (χ3n) is 5.42. The second kappa shape index (κ2) is 10.1. The van der Waals surface area contributed by atoms with Crippen LogP contribution in [0.25, 0.3) is 17.1 Å². The number of aliphatic hydroxyl groups excluding tert-OH is 1. The van der Waals surface area contributed by atoms with Gasteiger partial charge >= 0.3 is 0 Å². The Morgan fingerprint density at radius 2 is 1.71 bits per heavy atom. The molecular weight excluding hydrogens is 410 g/mol. The second-order valence-electron chi connectivity index (χ2n) is 7.58. The van der Waals surface area contributed by atoms with E-state index in [0.717, 1.165) is 30.2 Å². The summed E-state index contributed by atoms with van der Waals surface area (Å²) in [6.07, 6.45) is 0. The molecule has 1 N–H and O–H groups in total. The van der Waals surface area contributed by atoms with E-state index in [-0.39, 0.29) is 12.5 Å². The molecule has 162 valence electrons. The smallest absolute Gasteiger partial charge is 0.233 e. The molecule has 0 bridgehead atoms. The average Bonchev–Trinajstić information content (AvgIpc) is 3.23. The Morgan fingerprint density at radius 1 is 1.00 bits per heavy atom. The number of para-hydroxylation sites is 1. The maximum absolute atomic E-state index is 12.8. The molecule has 2 aromatic carbocycles. The van der Waals surface area contributed by atoms with E-state index in [1.54, 1.807) is 0 Å². The van der Waals surface area contributed by atoms with Crippen LogP contribution in [0.1, 0.15) is 5.56 Å². The molecule has 4 rings (SSSR count). The lowest BCUT2D eigenvalue weighted by Crippen LogP contribution is -2.49. The van der Waals surface area contributed by atoms with Gasteiger partial charge < -0.3 is 10.0 Å². The highest BCUT2D eigenvalue weighted by atomic mass is 32.2. The van der Waals surface area contributed by atoms with E-state index in [2.05, 4.69) is 34.2 Å². The van der Waals surface area contributed by atoms with Crippen molar-refractivity contribution in [3.8, 4) is 17.1 Å². The van der Waals surface area contributed by atoms with Gasteiger partial charge in [-0.15, -0.1) is 10.2 Å². The Labute approximate surface area is 186 Å². The molecule has 1 aliphatic heterocycles. The molecule has 0 radical (unpaired) electrons. The summed E-state index contributed by atoms with van der Waals surface area (Å²) in [5.41, 5.74) is 3.14. The molecule has 1 amide bonds. The first-order valence-corrected chi connectivity index (χ1v) is 11.5. The fourth-order valence-electron chi connectivity index (χ4n) is 3.64. The maximum Gasteiger partial charge on any atom is 0.233 e. The summed E-state index contributed by atoms with van der Waals surface area (Å²) in [5.74, 6) is 1.19. The van der Waals surface area contributed by atoms with Gasteiger partial charge in [0.25, 0.3) is 0 Å². The maximum atomic E-state index is 12.8. The minimum atomic E-state index is 0.105. The van der Waals surface area contributed by atoms with Crippen molar-refractivity contribution >= 4 is 17.7 Å². The van der Waals surface area contributed by atoms with Crippen LogP contribution in [0.3, 0.4) is 0 Å². The highest BCUT2D eigenvalue weighted by Crippen LogP contribution is 2.28. The normalized spacial score (nSPS) is 14.7. The molecule has 1 aliphatic rings. The van der Waals surface area contributed by atoms with E-state index in [1.165, 1.54) is 17.3 Å². The van der Waals surface area contributed by atoms with Crippen molar-refractivity contribution in [2.75, 3.05) is 45.1 Å². The van der Waals surface area contributed by atoms with E-state index in [0.29, 0.717) is 30.5 Å². The van der Waals surface area contributed by atoms with Gasteiger partial charge in [0.15, 0.2) is 11.0 Å². The zero-order chi connectivity index (χ0) is 21.6. The summed E-state index contributed by atoms with van der Waals surface area (Å²) >= 11 is 1.42. The lowest BCUT2D eigenvalue weighted by molar-refractivity contribution is -0.130. The molecule has 0 saturated carbocycles. The standard InChI is InChI=1S/C23H27N5O2S/c1-18-7-9-19(10-8-18)22-24-25-23(28(22)20-5-3-2-4-6-20)31-17-21(30)27-13-11-26(12-14-27)15-16-29/h2-10,29H,11-17H2,1H3. The topological polar surface area (TPSA) is 74.5 Å². The lowest BCUT2D eigenvalue weighted by Gasteiger charge is -2.34. The third-order valence-corrected chi connectivity index (χ3v) is 6.34. The van der Waals surface area contributed by atoms with Gasteiger partial charge in [-0.3, -0.25) is 14.3 Å². The molecular formula is C23H27N5O2S. The van der Waals surface area contributed by atoms with Crippen molar-refractivity contribution < 1.29 is 9.90 Å². The molecule has 1 saturated heterocycles. The van der Waals surface area contributed by atoms with Crippen LogP contribution in [-0.2, 0) is 4.79 Å². The largest absolute Gasteiger partial charge is 0.395 e. The second-order valence-corrected chi connectivity index (χ2v) is 8.52. The molecule has 0 aliphatic carbocycles. The number of carbonyl (C=O) groups excluding carboxylic acids is 1. The van der Waals surface area contributed by atoms with E-state index in [9.17, 15) is 4.79 Å². The van der Waals surface area contributed by atoms with E-state index in [1.807, 2.05) is 51.9 Å². The number of aromatic nitrogens is 3. The van der Waals surface area contributed by atoms with Crippen molar-refractivity contribution in [3.05, 3.63) is 60.2 Å². The first-order chi connectivity index (χ1) is 15.2. The zero-order valence-corrected chi connectivity index (χ0v) is 18.5. The van der Waals surface area contributed by atoms with Crippen LogP contribution >= 0.6 is 11.8 Å². The Balaban J connectivity index is 1.51. The Hall–Kier alpha value is -2.68. The predicted molar refractivity (Wildman–Crippen MR) is 122 cm³/mol. The van der Waals surface area contributed by atoms with Crippen molar-refractivity contribution in [2.45, 2.75) is 12.1 Å². The van der Waals surface area contributed by atoms with Crippen molar-refractivity contribution in [3.63, 3.8) is 0 Å².